The molecule has 2 heterocycles. The van der Waals surface area contributed by atoms with Crippen molar-refractivity contribution in [1.82, 2.24) is 4.98 Å². The van der Waals surface area contributed by atoms with E-state index in [0.717, 1.165) is 11.0 Å². The van der Waals surface area contributed by atoms with Gasteiger partial charge in [0.25, 0.3) is 11.8 Å². The number of nitrogens with zero attached hydrogens (tertiary/aromatic N) is 2. The number of aromatic nitrogens is 1. The van der Waals surface area contributed by atoms with Crippen LogP contribution in [0.4, 0.5) is 10.1 Å². The normalized spacial score (nSPS) is 13.9. The van der Waals surface area contributed by atoms with Gasteiger partial charge in [0.15, 0.2) is 0 Å². The molecule has 0 N–H and O–H groups in total. The Morgan fingerprint density at radius 2 is 1.84 bits per heavy atom. The zero-order chi connectivity index (χ0) is 13.6. The smallest absolute Gasteiger partial charge is 0.267 e. The summed E-state index contributed by atoms with van der Waals surface area (Å²) in [4.78, 5) is 29.0. The van der Waals surface area contributed by atoms with Crippen molar-refractivity contribution < 1.29 is 14.0 Å². The predicted molar refractivity (Wildman–Crippen MR) is 66.8 cm³/mol. The molecule has 94 valence electrons. The summed E-state index contributed by atoms with van der Waals surface area (Å²) in [5, 5.41) is -0.146. The second kappa shape index (κ2) is 4.13. The van der Waals surface area contributed by atoms with Gasteiger partial charge in [0.2, 0.25) is 0 Å². The third-order valence-electron chi connectivity index (χ3n) is 2.85. The van der Waals surface area contributed by atoms with Crippen LogP contribution in [0.5, 0.6) is 0 Å². The van der Waals surface area contributed by atoms with Crippen molar-refractivity contribution in [3.05, 3.63) is 58.6 Å². The fraction of sp³-hybridized carbons (Fsp3) is 0. The fourth-order valence-corrected chi connectivity index (χ4v) is 2.12. The van der Waals surface area contributed by atoms with Crippen LogP contribution in [0.15, 0.2) is 36.7 Å². The highest BCUT2D eigenvalue weighted by molar-refractivity contribution is 6.35. The molecule has 1 aromatic carbocycles. The Morgan fingerprint density at radius 3 is 2.53 bits per heavy atom. The van der Waals surface area contributed by atoms with Crippen LogP contribution in [0.1, 0.15) is 20.7 Å². The third-order valence-corrected chi connectivity index (χ3v) is 3.14. The molecule has 0 radical (unpaired) electrons. The largest absolute Gasteiger partial charge is 0.268 e. The first-order valence-electron chi connectivity index (χ1n) is 5.37. The molecule has 0 fully saturated rings. The summed E-state index contributed by atoms with van der Waals surface area (Å²) in [5.74, 6) is -1.57. The van der Waals surface area contributed by atoms with E-state index in [2.05, 4.69) is 4.98 Å². The number of halogens is 2. The molecule has 1 aliphatic heterocycles. The summed E-state index contributed by atoms with van der Waals surface area (Å²) in [6.45, 7) is 0. The highest BCUT2D eigenvalue weighted by Gasteiger charge is 2.36. The number of rotatable bonds is 1. The lowest BCUT2D eigenvalue weighted by Gasteiger charge is -2.14. The van der Waals surface area contributed by atoms with Gasteiger partial charge in [-0.25, -0.2) is 9.29 Å². The van der Waals surface area contributed by atoms with Crippen molar-refractivity contribution in [1.29, 1.82) is 0 Å². The van der Waals surface area contributed by atoms with E-state index in [1.54, 1.807) is 0 Å². The highest BCUT2D eigenvalue weighted by Crippen LogP contribution is 2.30. The number of fused-ring (bicyclic) bond motifs is 1. The zero-order valence-corrected chi connectivity index (χ0v) is 10.2. The number of carbonyl (C=O) groups excluding carboxylic acids is 2. The van der Waals surface area contributed by atoms with E-state index in [1.807, 2.05) is 0 Å². The topological polar surface area (TPSA) is 50.3 Å². The standard InChI is InChI=1S/C13H6ClFN2O2/c14-10-5-7(1-2-11(10)15)17-12(18)8-3-4-16-6-9(8)13(17)19/h1-6H. The first-order chi connectivity index (χ1) is 9.09. The van der Waals surface area contributed by atoms with Crippen LogP contribution in [0.2, 0.25) is 5.02 Å². The lowest BCUT2D eigenvalue weighted by atomic mass is 10.2. The maximum absolute atomic E-state index is 13.1. The Balaban J connectivity index is 2.11. The average molecular weight is 277 g/mol. The maximum Gasteiger partial charge on any atom is 0.267 e. The molecule has 1 aromatic heterocycles. The summed E-state index contributed by atoms with van der Waals surface area (Å²) in [6, 6.07) is 5.16. The Hall–Kier alpha value is -2.27. The third kappa shape index (κ3) is 1.70. The molecular weight excluding hydrogens is 271 g/mol. The molecule has 1 aliphatic rings. The summed E-state index contributed by atoms with van der Waals surface area (Å²) in [6.07, 6.45) is 2.77. The van der Waals surface area contributed by atoms with Crippen molar-refractivity contribution in [2.75, 3.05) is 4.90 Å². The first kappa shape index (κ1) is 11.8. The van der Waals surface area contributed by atoms with Gasteiger partial charge in [0.05, 0.1) is 21.8 Å². The van der Waals surface area contributed by atoms with Crippen molar-refractivity contribution in [2.24, 2.45) is 0 Å². The van der Waals surface area contributed by atoms with Gasteiger partial charge in [-0.3, -0.25) is 14.6 Å². The van der Waals surface area contributed by atoms with Gasteiger partial charge < -0.3 is 0 Å². The Labute approximate surface area is 112 Å². The van der Waals surface area contributed by atoms with Gasteiger partial charge in [-0.2, -0.15) is 0 Å². The van der Waals surface area contributed by atoms with E-state index in [9.17, 15) is 14.0 Å². The van der Waals surface area contributed by atoms with Gasteiger partial charge in [-0.05, 0) is 24.3 Å². The number of imide groups is 1. The maximum atomic E-state index is 13.1. The van der Waals surface area contributed by atoms with E-state index in [1.165, 1.54) is 30.6 Å². The van der Waals surface area contributed by atoms with E-state index < -0.39 is 17.6 Å². The molecule has 0 saturated heterocycles. The zero-order valence-electron chi connectivity index (χ0n) is 9.43. The van der Waals surface area contributed by atoms with Gasteiger partial charge in [-0.15, -0.1) is 0 Å². The Kier molecular flexibility index (Phi) is 2.57. The SMILES string of the molecule is O=C1c2ccncc2C(=O)N1c1ccc(F)c(Cl)c1. The van der Waals surface area contributed by atoms with Crippen LogP contribution >= 0.6 is 11.6 Å². The molecule has 19 heavy (non-hydrogen) atoms. The monoisotopic (exact) mass is 276 g/mol. The van der Waals surface area contributed by atoms with Crippen LogP contribution in [-0.2, 0) is 0 Å². The number of pyridine rings is 1. The van der Waals surface area contributed by atoms with Crippen molar-refractivity contribution in [3.8, 4) is 0 Å². The lowest BCUT2D eigenvalue weighted by Crippen LogP contribution is -2.29. The van der Waals surface area contributed by atoms with Crippen molar-refractivity contribution >= 4 is 29.1 Å². The summed E-state index contributed by atoms with van der Waals surface area (Å²) in [5.41, 5.74) is 0.742. The van der Waals surface area contributed by atoms with Crippen molar-refractivity contribution in [2.45, 2.75) is 0 Å². The molecule has 2 amide bonds. The molecule has 0 unspecified atom stereocenters. The summed E-state index contributed by atoms with van der Waals surface area (Å²) < 4.78 is 13.1. The molecule has 4 nitrogen and oxygen atoms in total. The molecule has 0 aliphatic carbocycles. The minimum atomic E-state index is -0.608. The Morgan fingerprint density at radius 1 is 1.11 bits per heavy atom. The molecular formula is C13H6ClFN2O2. The molecule has 6 heteroatoms. The van der Waals surface area contributed by atoms with Gasteiger partial charge in [0.1, 0.15) is 5.82 Å². The number of carbonyl (C=O) groups is 2. The Bertz CT molecular complexity index is 683. The lowest BCUT2D eigenvalue weighted by molar-refractivity contribution is 0.0926. The minimum Gasteiger partial charge on any atom is -0.268 e. The van der Waals surface area contributed by atoms with E-state index in [0.29, 0.717) is 0 Å². The van der Waals surface area contributed by atoms with E-state index in [4.69, 9.17) is 11.6 Å². The second-order valence-corrected chi connectivity index (χ2v) is 4.37. The summed E-state index contributed by atoms with van der Waals surface area (Å²) in [7, 11) is 0. The van der Waals surface area contributed by atoms with E-state index in [-0.39, 0.29) is 21.8 Å². The number of benzene rings is 1. The van der Waals surface area contributed by atoms with Crippen LogP contribution in [0, 0.1) is 5.82 Å². The molecule has 0 atom stereocenters. The molecule has 0 bridgehead atoms. The predicted octanol–water partition coefficient (Wildman–Crippen LogP) is 2.67. The van der Waals surface area contributed by atoms with Crippen LogP contribution in [-0.4, -0.2) is 16.8 Å². The quantitative estimate of drug-likeness (QED) is 0.753. The van der Waals surface area contributed by atoms with Crippen LogP contribution in [0.25, 0.3) is 0 Å². The van der Waals surface area contributed by atoms with Gasteiger partial charge in [0, 0.05) is 12.4 Å². The van der Waals surface area contributed by atoms with E-state index >= 15 is 0 Å². The highest BCUT2D eigenvalue weighted by atomic mass is 35.5. The van der Waals surface area contributed by atoms with Gasteiger partial charge >= 0.3 is 0 Å². The van der Waals surface area contributed by atoms with Crippen LogP contribution in [0.3, 0.4) is 0 Å². The molecule has 2 aromatic rings. The number of amides is 2. The van der Waals surface area contributed by atoms with Crippen molar-refractivity contribution in [3.63, 3.8) is 0 Å². The fourth-order valence-electron chi connectivity index (χ4n) is 1.94. The number of hydrogen-bond donors (Lipinski definition) is 0. The molecule has 0 saturated carbocycles. The number of anilines is 1. The summed E-state index contributed by atoms with van der Waals surface area (Å²) >= 11 is 5.66. The average Bonchev–Trinajstić information content (AvgIpc) is 2.66. The van der Waals surface area contributed by atoms with Gasteiger partial charge in [-0.1, -0.05) is 11.6 Å². The first-order valence-corrected chi connectivity index (χ1v) is 5.75. The van der Waals surface area contributed by atoms with Crippen LogP contribution < -0.4 is 4.90 Å². The minimum absolute atomic E-state index is 0.146. The molecule has 3 rings (SSSR count). The second-order valence-electron chi connectivity index (χ2n) is 3.97. The number of hydrogen-bond acceptors (Lipinski definition) is 3. The molecule has 0 spiro atoms.